The zero-order valence-corrected chi connectivity index (χ0v) is 8.19. The number of halogens is 1. The maximum Gasteiger partial charge on any atom is 0.146 e. The Morgan fingerprint density at radius 1 is 1.46 bits per heavy atom. The second kappa shape index (κ2) is 3.75. The Kier molecular flexibility index (Phi) is 2.88. The summed E-state index contributed by atoms with van der Waals surface area (Å²) in [6, 6.07) is 3.31. The molecule has 2 nitrogen and oxygen atoms in total. The smallest absolute Gasteiger partial charge is 0.146 e. The summed E-state index contributed by atoms with van der Waals surface area (Å²) in [7, 11) is 1.85. The Balaban J connectivity index is 3.15. The van der Waals surface area contributed by atoms with Crippen molar-refractivity contribution in [1.82, 2.24) is 5.32 Å². The first-order valence-corrected chi connectivity index (χ1v) is 4.29. The topological polar surface area (TPSA) is 38.0 Å². The van der Waals surface area contributed by atoms with Gasteiger partial charge in [-0.2, -0.15) is 0 Å². The molecule has 0 heterocycles. The number of nitrogens with one attached hydrogen (secondary N) is 1. The first-order valence-electron chi connectivity index (χ1n) is 4.29. The molecule has 1 aromatic carbocycles. The van der Waals surface area contributed by atoms with E-state index in [1.54, 1.807) is 6.07 Å². The Morgan fingerprint density at radius 2 is 2.08 bits per heavy atom. The third-order valence-corrected chi connectivity index (χ3v) is 2.28. The summed E-state index contributed by atoms with van der Waals surface area (Å²) in [4.78, 5) is 0. The highest BCUT2D eigenvalue weighted by Gasteiger charge is 2.09. The highest BCUT2D eigenvalue weighted by molar-refractivity contribution is 5.46. The van der Waals surface area contributed by atoms with Gasteiger partial charge in [-0.15, -0.1) is 0 Å². The highest BCUT2D eigenvalue weighted by atomic mass is 19.1. The van der Waals surface area contributed by atoms with E-state index in [0.29, 0.717) is 0 Å². The minimum atomic E-state index is -0.345. The normalized spacial score (nSPS) is 12.9. The van der Waals surface area contributed by atoms with E-state index in [1.807, 2.05) is 20.9 Å². The molecule has 0 spiro atoms. The van der Waals surface area contributed by atoms with Gasteiger partial charge in [-0.05, 0) is 44.2 Å². The Morgan fingerprint density at radius 3 is 2.62 bits per heavy atom. The number of hydrogen-bond donors (Lipinski definition) is 2. The molecule has 0 aliphatic rings. The molecule has 0 saturated carbocycles. The van der Waals surface area contributed by atoms with E-state index in [-0.39, 0.29) is 17.5 Å². The molecule has 1 aromatic rings. The first kappa shape index (κ1) is 9.99. The summed E-state index contributed by atoms with van der Waals surface area (Å²) < 4.78 is 13.1. The molecule has 72 valence electrons. The fourth-order valence-corrected chi connectivity index (χ4v) is 1.34. The third-order valence-electron chi connectivity index (χ3n) is 2.28. The summed E-state index contributed by atoms with van der Waals surface area (Å²) >= 11 is 0. The van der Waals surface area contributed by atoms with Crippen molar-refractivity contribution in [2.45, 2.75) is 19.9 Å². The Labute approximate surface area is 77.9 Å². The molecule has 1 atom stereocenters. The number of hydrogen-bond acceptors (Lipinski definition) is 2. The number of benzene rings is 1. The van der Waals surface area contributed by atoms with Crippen molar-refractivity contribution in [3.8, 4) is 0 Å². The van der Waals surface area contributed by atoms with E-state index in [2.05, 4.69) is 5.32 Å². The zero-order valence-electron chi connectivity index (χ0n) is 8.19. The summed E-state index contributed by atoms with van der Waals surface area (Å²) in [5, 5.41) is 3.06. The van der Waals surface area contributed by atoms with Crippen LogP contribution in [0.5, 0.6) is 0 Å². The molecule has 3 heteroatoms. The SMILES string of the molecule is CN[C@H](C)c1cc(F)c(N)cc1C. The van der Waals surface area contributed by atoms with Gasteiger partial charge < -0.3 is 11.1 Å². The first-order chi connectivity index (χ1) is 6.06. The van der Waals surface area contributed by atoms with Crippen LogP contribution in [0.4, 0.5) is 10.1 Å². The number of anilines is 1. The quantitative estimate of drug-likeness (QED) is 0.686. The van der Waals surface area contributed by atoms with E-state index in [4.69, 9.17) is 5.73 Å². The zero-order chi connectivity index (χ0) is 10.0. The second-order valence-corrected chi connectivity index (χ2v) is 3.24. The molecule has 1 rings (SSSR count). The Bertz CT molecular complexity index is 310. The van der Waals surface area contributed by atoms with Crippen molar-refractivity contribution in [2.24, 2.45) is 0 Å². The van der Waals surface area contributed by atoms with Gasteiger partial charge in [0, 0.05) is 6.04 Å². The van der Waals surface area contributed by atoms with Crippen LogP contribution in [0.3, 0.4) is 0 Å². The summed E-state index contributed by atoms with van der Waals surface area (Å²) in [6.07, 6.45) is 0. The van der Waals surface area contributed by atoms with Crippen molar-refractivity contribution in [3.05, 3.63) is 29.1 Å². The molecule has 0 saturated heterocycles. The van der Waals surface area contributed by atoms with Crippen LogP contribution in [0.25, 0.3) is 0 Å². The van der Waals surface area contributed by atoms with Crippen molar-refractivity contribution >= 4 is 5.69 Å². The van der Waals surface area contributed by atoms with Crippen LogP contribution in [0.2, 0.25) is 0 Å². The van der Waals surface area contributed by atoms with Crippen LogP contribution in [-0.4, -0.2) is 7.05 Å². The minimum absolute atomic E-state index is 0.148. The van der Waals surface area contributed by atoms with Crippen LogP contribution in [0, 0.1) is 12.7 Å². The molecule has 0 bridgehead atoms. The van der Waals surface area contributed by atoms with Gasteiger partial charge in [0.15, 0.2) is 0 Å². The van der Waals surface area contributed by atoms with Gasteiger partial charge in [0.05, 0.1) is 5.69 Å². The van der Waals surface area contributed by atoms with Crippen LogP contribution < -0.4 is 11.1 Å². The van der Waals surface area contributed by atoms with Gasteiger partial charge in [0.25, 0.3) is 0 Å². The maximum atomic E-state index is 13.1. The lowest BCUT2D eigenvalue weighted by Gasteiger charge is -2.14. The minimum Gasteiger partial charge on any atom is -0.396 e. The standard InChI is InChI=1S/C10H15FN2/c1-6-4-10(12)9(11)5-8(6)7(2)13-3/h4-5,7,13H,12H2,1-3H3/t7-/m1/s1. The fraction of sp³-hybridized carbons (Fsp3) is 0.400. The van der Waals surface area contributed by atoms with E-state index >= 15 is 0 Å². The molecule has 0 aliphatic carbocycles. The predicted octanol–water partition coefficient (Wildman–Crippen LogP) is 2.00. The molecule has 3 N–H and O–H groups in total. The predicted molar refractivity (Wildman–Crippen MR) is 53.0 cm³/mol. The van der Waals surface area contributed by atoms with Crippen LogP contribution in [-0.2, 0) is 0 Å². The van der Waals surface area contributed by atoms with Crippen molar-refractivity contribution in [1.29, 1.82) is 0 Å². The monoisotopic (exact) mass is 182 g/mol. The fourth-order valence-electron chi connectivity index (χ4n) is 1.34. The molecule has 0 radical (unpaired) electrons. The van der Waals surface area contributed by atoms with Crippen LogP contribution in [0.15, 0.2) is 12.1 Å². The number of rotatable bonds is 2. The molecular formula is C10H15FN2. The number of nitrogens with two attached hydrogens (primary N) is 1. The lowest BCUT2D eigenvalue weighted by atomic mass is 10.0. The van der Waals surface area contributed by atoms with Crippen molar-refractivity contribution in [2.75, 3.05) is 12.8 Å². The molecule has 0 aliphatic heterocycles. The molecule has 0 aromatic heterocycles. The number of nitrogen functional groups attached to an aromatic ring is 1. The molecule has 0 unspecified atom stereocenters. The number of aryl methyl sites for hydroxylation is 1. The highest BCUT2D eigenvalue weighted by Crippen LogP contribution is 2.22. The van der Waals surface area contributed by atoms with Crippen LogP contribution >= 0.6 is 0 Å². The van der Waals surface area contributed by atoms with Gasteiger partial charge in [0.1, 0.15) is 5.82 Å². The average Bonchev–Trinajstić information content (AvgIpc) is 2.10. The average molecular weight is 182 g/mol. The lowest BCUT2D eigenvalue weighted by Crippen LogP contribution is -2.14. The van der Waals surface area contributed by atoms with E-state index in [0.717, 1.165) is 11.1 Å². The van der Waals surface area contributed by atoms with Gasteiger partial charge in [-0.25, -0.2) is 4.39 Å². The molecule has 0 fully saturated rings. The van der Waals surface area contributed by atoms with Gasteiger partial charge in [-0.1, -0.05) is 0 Å². The summed E-state index contributed by atoms with van der Waals surface area (Å²) in [5.74, 6) is -0.345. The molecule has 0 amide bonds. The van der Waals surface area contributed by atoms with Gasteiger partial charge >= 0.3 is 0 Å². The summed E-state index contributed by atoms with van der Waals surface area (Å²) in [6.45, 7) is 3.91. The van der Waals surface area contributed by atoms with E-state index < -0.39 is 0 Å². The van der Waals surface area contributed by atoms with Crippen molar-refractivity contribution < 1.29 is 4.39 Å². The summed E-state index contributed by atoms with van der Waals surface area (Å²) in [5.41, 5.74) is 7.62. The van der Waals surface area contributed by atoms with Crippen molar-refractivity contribution in [3.63, 3.8) is 0 Å². The largest absolute Gasteiger partial charge is 0.396 e. The lowest BCUT2D eigenvalue weighted by molar-refractivity contribution is 0.609. The van der Waals surface area contributed by atoms with Crippen LogP contribution in [0.1, 0.15) is 24.1 Å². The molecule has 13 heavy (non-hydrogen) atoms. The molecular weight excluding hydrogens is 167 g/mol. The van der Waals surface area contributed by atoms with E-state index in [9.17, 15) is 4.39 Å². The van der Waals surface area contributed by atoms with E-state index in [1.165, 1.54) is 6.07 Å². The van der Waals surface area contributed by atoms with Gasteiger partial charge in [0.2, 0.25) is 0 Å². The Hall–Kier alpha value is -1.09. The third kappa shape index (κ3) is 1.98. The van der Waals surface area contributed by atoms with Gasteiger partial charge in [-0.3, -0.25) is 0 Å². The second-order valence-electron chi connectivity index (χ2n) is 3.24. The maximum absolute atomic E-state index is 13.1.